The normalized spacial score (nSPS) is 46.1. The summed E-state index contributed by atoms with van der Waals surface area (Å²) >= 11 is 0. The van der Waals surface area contributed by atoms with Gasteiger partial charge in [0.05, 0.1) is 0 Å². The van der Waals surface area contributed by atoms with E-state index < -0.39 is 29.6 Å². The first-order valence-corrected chi connectivity index (χ1v) is 8.90. The van der Waals surface area contributed by atoms with Crippen LogP contribution in [0.2, 0.25) is 0 Å². The van der Waals surface area contributed by atoms with Crippen LogP contribution in [0.1, 0.15) is 52.9 Å². The molecule has 136 valence electrons. The maximum atomic E-state index is 15.5. The molecule has 1 spiro atoms. The van der Waals surface area contributed by atoms with Crippen molar-refractivity contribution < 1.29 is 28.2 Å². The van der Waals surface area contributed by atoms with Crippen LogP contribution in [-0.2, 0) is 23.8 Å². The zero-order chi connectivity index (χ0) is 17.7. The van der Waals surface area contributed by atoms with Gasteiger partial charge in [0.25, 0.3) is 5.67 Å². The number of alkyl halides is 1. The van der Waals surface area contributed by atoms with E-state index in [0.29, 0.717) is 6.42 Å². The Morgan fingerprint density at radius 3 is 2.58 bits per heavy atom. The van der Waals surface area contributed by atoms with E-state index in [1.165, 1.54) is 7.11 Å². The minimum Gasteiger partial charge on any atom is -0.430 e. The molecular weight excluding hydrogens is 315 g/mol. The van der Waals surface area contributed by atoms with Gasteiger partial charge in [0.1, 0.15) is 6.10 Å². The third-order valence-electron chi connectivity index (χ3n) is 5.95. The molecule has 3 rings (SSSR count). The second-order valence-electron chi connectivity index (χ2n) is 7.93. The van der Waals surface area contributed by atoms with E-state index in [1.807, 2.05) is 13.8 Å². The van der Waals surface area contributed by atoms with Crippen molar-refractivity contribution in [3.05, 3.63) is 0 Å². The van der Waals surface area contributed by atoms with Gasteiger partial charge in [0, 0.05) is 25.9 Å². The van der Waals surface area contributed by atoms with Crippen molar-refractivity contribution in [2.24, 2.45) is 17.8 Å². The molecular formula is C18H27FO5. The Hall–Kier alpha value is -1.01. The maximum absolute atomic E-state index is 15.5. The summed E-state index contributed by atoms with van der Waals surface area (Å²) in [4.78, 5) is 25.1. The summed E-state index contributed by atoms with van der Waals surface area (Å²) in [6.07, 6.45) is 0.218. The summed E-state index contributed by atoms with van der Waals surface area (Å²) in [6.45, 7) is 6.14. The molecule has 3 fully saturated rings. The highest BCUT2D eigenvalue weighted by molar-refractivity contribution is 5.96. The van der Waals surface area contributed by atoms with E-state index in [1.54, 1.807) is 0 Å². The first kappa shape index (κ1) is 17.8. The zero-order valence-corrected chi connectivity index (χ0v) is 14.8. The van der Waals surface area contributed by atoms with Gasteiger partial charge in [-0.1, -0.05) is 20.8 Å². The molecule has 3 aliphatic rings. The molecule has 1 saturated heterocycles. The third kappa shape index (κ3) is 2.49. The molecule has 5 nitrogen and oxygen atoms in total. The lowest BCUT2D eigenvalue weighted by atomic mass is 9.71. The largest absolute Gasteiger partial charge is 0.430 e. The molecule has 1 aliphatic heterocycles. The molecule has 0 aromatic rings. The Balaban J connectivity index is 1.99. The van der Waals surface area contributed by atoms with Crippen molar-refractivity contribution in [1.82, 2.24) is 0 Å². The molecule has 0 aromatic heterocycles. The average molecular weight is 342 g/mol. The molecule has 2 aliphatic carbocycles. The summed E-state index contributed by atoms with van der Waals surface area (Å²) < 4.78 is 32.4. The third-order valence-corrected chi connectivity index (χ3v) is 5.95. The number of esters is 1. The molecule has 0 aromatic carbocycles. The topological polar surface area (TPSA) is 61.8 Å². The summed E-state index contributed by atoms with van der Waals surface area (Å²) in [5, 5.41) is 0. The highest BCUT2D eigenvalue weighted by Gasteiger charge is 2.68. The fraction of sp³-hybridized carbons (Fsp3) is 0.889. The SMILES string of the molecule is CO[C@@H]1CCC(=O)[C@@H]2O[C@@]3(C[C@H](C)CC[C@H]3C(C)C)OC(=O)[C@]12F. The Morgan fingerprint density at radius 2 is 1.96 bits per heavy atom. The number of Topliss-reactive ketones (excluding diaryl/α,β-unsaturated/α-hetero) is 1. The molecule has 1 heterocycles. The lowest BCUT2D eigenvalue weighted by molar-refractivity contribution is -0.345. The van der Waals surface area contributed by atoms with Crippen LogP contribution in [0.5, 0.6) is 0 Å². The number of ketones is 1. The first-order valence-electron chi connectivity index (χ1n) is 8.90. The van der Waals surface area contributed by atoms with Crippen LogP contribution in [0.25, 0.3) is 0 Å². The number of hydrogen-bond donors (Lipinski definition) is 0. The number of carbonyl (C=O) groups is 2. The number of rotatable bonds is 2. The second-order valence-corrected chi connectivity index (χ2v) is 7.93. The van der Waals surface area contributed by atoms with Gasteiger partial charge in [-0.3, -0.25) is 4.79 Å². The summed E-state index contributed by atoms with van der Waals surface area (Å²) in [6, 6.07) is 0. The fourth-order valence-corrected chi connectivity index (χ4v) is 4.67. The predicted octanol–water partition coefficient (Wildman–Crippen LogP) is 2.80. The van der Waals surface area contributed by atoms with Crippen molar-refractivity contribution in [3.63, 3.8) is 0 Å². The molecule has 0 amide bonds. The second kappa shape index (κ2) is 6.06. The Kier molecular flexibility index (Phi) is 4.49. The minimum atomic E-state index is -2.54. The first-order chi connectivity index (χ1) is 11.2. The van der Waals surface area contributed by atoms with E-state index in [0.717, 1.165) is 12.8 Å². The molecule has 0 N–H and O–H groups in total. The van der Waals surface area contributed by atoms with Crippen molar-refractivity contribution in [2.45, 2.75) is 76.5 Å². The standard InChI is InChI=1S/C18H27FO5/c1-10(2)12-6-5-11(3)9-17(12)23-15-13(20)7-8-14(22-4)18(15,19)16(21)24-17/h10-12,14-15H,5-9H2,1-4H3/t11-,12+,14-,15+,17+,18+/m1/s1. The molecule has 24 heavy (non-hydrogen) atoms. The lowest BCUT2D eigenvalue weighted by Crippen LogP contribution is -2.71. The molecule has 6 atom stereocenters. The van der Waals surface area contributed by atoms with Crippen molar-refractivity contribution >= 4 is 11.8 Å². The Labute approximate surface area is 142 Å². The van der Waals surface area contributed by atoms with Crippen molar-refractivity contribution in [1.29, 1.82) is 0 Å². The Morgan fingerprint density at radius 1 is 1.25 bits per heavy atom. The lowest BCUT2D eigenvalue weighted by Gasteiger charge is -2.54. The van der Waals surface area contributed by atoms with E-state index in [9.17, 15) is 9.59 Å². The highest BCUT2D eigenvalue weighted by atomic mass is 19.1. The fourth-order valence-electron chi connectivity index (χ4n) is 4.67. The molecule has 0 radical (unpaired) electrons. The Bertz CT molecular complexity index is 536. The van der Waals surface area contributed by atoms with Gasteiger partial charge in [-0.15, -0.1) is 0 Å². The van der Waals surface area contributed by atoms with Gasteiger partial charge in [-0.05, 0) is 31.1 Å². The van der Waals surface area contributed by atoms with Gasteiger partial charge in [-0.25, -0.2) is 9.18 Å². The molecule has 2 saturated carbocycles. The van der Waals surface area contributed by atoms with Crippen molar-refractivity contribution in [2.75, 3.05) is 7.11 Å². The number of carbonyl (C=O) groups excluding carboxylic acids is 2. The number of hydrogen-bond acceptors (Lipinski definition) is 5. The highest BCUT2D eigenvalue weighted by Crippen LogP contribution is 2.51. The summed E-state index contributed by atoms with van der Waals surface area (Å²) in [5.74, 6) is -2.13. The average Bonchev–Trinajstić information content (AvgIpc) is 2.50. The summed E-state index contributed by atoms with van der Waals surface area (Å²) in [7, 11) is 1.34. The van der Waals surface area contributed by atoms with Crippen molar-refractivity contribution in [3.8, 4) is 0 Å². The van der Waals surface area contributed by atoms with E-state index >= 15 is 4.39 Å². The molecule has 0 unspecified atom stereocenters. The van der Waals surface area contributed by atoms with Gasteiger partial charge in [-0.2, -0.15) is 0 Å². The quantitative estimate of drug-likeness (QED) is 0.722. The van der Waals surface area contributed by atoms with Crippen LogP contribution >= 0.6 is 0 Å². The van der Waals surface area contributed by atoms with Crippen LogP contribution in [0, 0.1) is 17.8 Å². The number of ether oxygens (including phenoxy) is 3. The maximum Gasteiger partial charge on any atom is 0.352 e. The van der Waals surface area contributed by atoms with Crippen LogP contribution in [0.15, 0.2) is 0 Å². The predicted molar refractivity (Wildman–Crippen MR) is 83.9 cm³/mol. The van der Waals surface area contributed by atoms with Gasteiger partial charge in [0.15, 0.2) is 11.9 Å². The monoisotopic (exact) mass is 342 g/mol. The number of fused-ring (bicyclic) bond motifs is 1. The van der Waals surface area contributed by atoms with E-state index in [4.69, 9.17) is 14.2 Å². The van der Waals surface area contributed by atoms with Crippen LogP contribution in [0.4, 0.5) is 4.39 Å². The van der Waals surface area contributed by atoms with Crippen LogP contribution < -0.4 is 0 Å². The van der Waals surface area contributed by atoms with Crippen LogP contribution in [0.3, 0.4) is 0 Å². The summed E-state index contributed by atoms with van der Waals surface area (Å²) in [5.41, 5.74) is -2.54. The minimum absolute atomic E-state index is 0.0436. The number of halogens is 1. The van der Waals surface area contributed by atoms with Gasteiger partial charge >= 0.3 is 5.97 Å². The van der Waals surface area contributed by atoms with Gasteiger partial charge < -0.3 is 14.2 Å². The molecule has 0 bridgehead atoms. The van der Waals surface area contributed by atoms with Crippen LogP contribution in [-0.4, -0.2) is 42.5 Å². The van der Waals surface area contributed by atoms with E-state index in [2.05, 4.69) is 6.92 Å². The molecule has 6 heteroatoms. The van der Waals surface area contributed by atoms with Gasteiger partial charge in [0.2, 0.25) is 5.79 Å². The number of methoxy groups -OCH3 is 1. The smallest absolute Gasteiger partial charge is 0.352 e. The zero-order valence-electron chi connectivity index (χ0n) is 14.8. The van der Waals surface area contributed by atoms with E-state index in [-0.39, 0.29) is 36.4 Å².